The minimum absolute atomic E-state index is 0.0298. The van der Waals surface area contributed by atoms with E-state index in [0.29, 0.717) is 19.1 Å². The van der Waals surface area contributed by atoms with Crippen molar-refractivity contribution in [1.29, 1.82) is 0 Å². The van der Waals surface area contributed by atoms with Crippen molar-refractivity contribution in [3.8, 4) is 0 Å². The molecule has 0 radical (unpaired) electrons. The van der Waals surface area contributed by atoms with Crippen molar-refractivity contribution in [1.82, 2.24) is 20.0 Å². The molecule has 6 nitrogen and oxygen atoms in total. The van der Waals surface area contributed by atoms with Gasteiger partial charge in [-0.05, 0) is 31.5 Å². The molecule has 0 bridgehead atoms. The van der Waals surface area contributed by atoms with Crippen molar-refractivity contribution < 1.29 is 9.21 Å². The zero-order chi connectivity index (χ0) is 14.7. The molecule has 3 rings (SSSR count). The third kappa shape index (κ3) is 3.33. The van der Waals surface area contributed by atoms with Crippen molar-refractivity contribution in [2.45, 2.75) is 25.4 Å². The first-order chi connectivity index (χ1) is 10.2. The molecule has 0 unspecified atom stereocenters. The number of carbonyl (C=O) groups excluding carboxylic acids is 1. The van der Waals surface area contributed by atoms with E-state index in [1.165, 1.54) is 5.56 Å². The second-order valence-electron chi connectivity index (χ2n) is 5.43. The minimum Gasteiger partial charge on any atom is -0.467 e. The summed E-state index contributed by atoms with van der Waals surface area (Å²) in [6.45, 7) is 1.81. The Labute approximate surface area is 123 Å². The van der Waals surface area contributed by atoms with Gasteiger partial charge >= 0.3 is 0 Å². The Balaban J connectivity index is 1.54. The molecule has 1 atom stereocenters. The summed E-state index contributed by atoms with van der Waals surface area (Å²) in [5.41, 5.74) is 1.19. The lowest BCUT2D eigenvalue weighted by atomic mass is 10.1. The van der Waals surface area contributed by atoms with E-state index in [4.69, 9.17) is 4.42 Å². The zero-order valence-corrected chi connectivity index (χ0v) is 12.2. The number of nitrogens with zero attached hydrogens (tertiary/aromatic N) is 3. The van der Waals surface area contributed by atoms with Gasteiger partial charge in [0.25, 0.3) is 0 Å². The molecule has 0 saturated carbocycles. The Morgan fingerprint density at radius 1 is 1.57 bits per heavy atom. The van der Waals surface area contributed by atoms with Crippen molar-refractivity contribution in [2.75, 3.05) is 13.1 Å². The summed E-state index contributed by atoms with van der Waals surface area (Å²) >= 11 is 0. The van der Waals surface area contributed by atoms with E-state index in [-0.39, 0.29) is 5.91 Å². The van der Waals surface area contributed by atoms with Gasteiger partial charge in [0.2, 0.25) is 5.91 Å². The molecule has 0 aliphatic carbocycles. The highest BCUT2D eigenvalue weighted by molar-refractivity contribution is 5.78. The van der Waals surface area contributed by atoms with Crippen LogP contribution in [0.1, 0.15) is 30.2 Å². The van der Waals surface area contributed by atoms with E-state index in [1.54, 1.807) is 6.26 Å². The molecule has 0 aromatic carbocycles. The number of hydrogen-bond donors (Lipinski definition) is 1. The Bertz CT molecular complexity index is 591. The Morgan fingerprint density at radius 2 is 2.48 bits per heavy atom. The first kappa shape index (κ1) is 13.9. The molecule has 1 fully saturated rings. The van der Waals surface area contributed by atoms with E-state index >= 15 is 0 Å². The van der Waals surface area contributed by atoms with Crippen molar-refractivity contribution in [2.24, 2.45) is 7.05 Å². The number of carbonyl (C=O) groups is 1. The average Bonchev–Trinajstić information content (AvgIpc) is 3.17. The van der Waals surface area contributed by atoms with Gasteiger partial charge in [-0.15, -0.1) is 0 Å². The van der Waals surface area contributed by atoms with Gasteiger partial charge in [0.05, 0.1) is 25.5 Å². The van der Waals surface area contributed by atoms with Gasteiger partial charge in [-0.2, -0.15) is 5.10 Å². The summed E-state index contributed by atoms with van der Waals surface area (Å²) in [4.78, 5) is 14.3. The molecule has 21 heavy (non-hydrogen) atoms. The lowest BCUT2D eigenvalue weighted by Crippen LogP contribution is -2.36. The Morgan fingerprint density at radius 3 is 3.19 bits per heavy atom. The average molecular weight is 288 g/mol. The maximum atomic E-state index is 12.1. The van der Waals surface area contributed by atoms with E-state index in [9.17, 15) is 4.79 Å². The van der Waals surface area contributed by atoms with Crippen LogP contribution in [0.4, 0.5) is 0 Å². The summed E-state index contributed by atoms with van der Waals surface area (Å²) in [6, 6.07) is 3.97. The number of nitrogens with one attached hydrogen (secondary N) is 1. The second kappa shape index (κ2) is 6.13. The van der Waals surface area contributed by atoms with Crippen LogP contribution in [0.5, 0.6) is 0 Å². The van der Waals surface area contributed by atoms with Gasteiger partial charge in [0.1, 0.15) is 5.76 Å². The van der Waals surface area contributed by atoms with Crippen LogP contribution in [0, 0.1) is 0 Å². The first-order valence-corrected chi connectivity index (χ1v) is 7.24. The predicted octanol–water partition coefficient (Wildman–Crippen LogP) is 1.47. The summed E-state index contributed by atoms with van der Waals surface area (Å²) in [5.74, 6) is 0.802. The van der Waals surface area contributed by atoms with Crippen LogP contribution in [-0.4, -0.2) is 33.7 Å². The summed E-state index contributed by atoms with van der Waals surface area (Å²) in [6.07, 6.45) is 7.73. The van der Waals surface area contributed by atoms with Crippen LogP contribution in [0.3, 0.4) is 0 Å². The first-order valence-electron chi connectivity index (χ1n) is 7.24. The van der Waals surface area contributed by atoms with Crippen LogP contribution in [0.25, 0.3) is 0 Å². The fourth-order valence-electron chi connectivity index (χ4n) is 2.84. The third-order valence-electron chi connectivity index (χ3n) is 3.86. The molecule has 1 amide bonds. The molecular weight excluding hydrogens is 268 g/mol. The van der Waals surface area contributed by atoms with Gasteiger partial charge in [-0.1, -0.05) is 0 Å². The molecule has 3 heterocycles. The molecule has 1 aliphatic heterocycles. The molecule has 2 aromatic rings. The number of amides is 1. The smallest absolute Gasteiger partial charge is 0.234 e. The Kier molecular flexibility index (Phi) is 4.06. The van der Waals surface area contributed by atoms with Crippen LogP contribution in [0.2, 0.25) is 0 Å². The predicted molar refractivity (Wildman–Crippen MR) is 77.3 cm³/mol. The fraction of sp³-hybridized carbons (Fsp3) is 0.467. The maximum absolute atomic E-state index is 12.1. The number of hydrogen-bond acceptors (Lipinski definition) is 4. The zero-order valence-electron chi connectivity index (χ0n) is 12.2. The van der Waals surface area contributed by atoms with Gasteiger partial charge < -0.3 is 9.73 Å². The van der Waals surface area contributed by atoms with Crippen LogP contribution >= 0.6 is 0 Å². The summed E-state index contributed by atoms with van der Waals surface area (Å²) in [7, 11) is 1.92. The quantitative estimate of drug-likeness (QED) is 0.905. The molecule has 1 aliphatic rings. The van der Waals surface area contributed by atoms with Crippen molar-refractivity contribution >= 4 is 5.91 Å². The van der Waals surface area contributed by atoms with Crippen LogP contribution in [-0.2, 0) is 18.4 Å². The molecule has 6 heteroatoms. The SMILES string of the molecule is Cn1cc([C@@H]2CCCN2CC(=O)NCc2ccco2)cn1. The Hall–Kier alpha value is -2.08. The van der Waals surface area contributed by atoms with Crippen LogP contribution in [0.15, 0.2) is 35.2 Å². The number of aryl methyl sites for hydroxylation is 1. The highest BCUT2D eigenvalue weighted by Gasteiger charge is 2.28. The fourth-order valence-corrected chi connectivity index (χ4v) is 2.84. The number of rotatable bonds is 5. The molecule has 1 saturated heterocycles. The van der Waals surface area contributed by atoms with Gasteiger partial charge in [-0.25, -0.2) is 0 Å². The maximum Gasteiger partial charge on any atom is 0.234 e. The monoisotopic (exact) mass is 288 g/mol. The highest BCUT2D eigenvalue weighted by atomic mass is 16.3. The van der Waals surface area contributed by atoms with E-state index in [2.05, 4.69) is 15.3 Å². The highest BCUT2D eigenvalue weighted by Crippen LogP contribution is 2.30. The number of likely N-dealkylation sites (tertiary alicyclic amines) is 1. The van der Waals surface area contributed by atoms with Crippen molar-refractivity contribution in [3.63, 3.8) is 0 Å². The van der Waals surface area contributed by atoms with E-state index < -0.39 is 0 Å². The summed E-state index contributed by atoms with van der Waals surface area (Å²) in [5, 5.41) is 7.12. The van der Waals surface area contributed by atoms with Crippen molar-refractivity contribution in [3.05, 3.63) is 42.1 Å². The van der Waals surface area contributed by atoms with Gasteiger partial charge in [0.15, 0.2) is 0 Å². The number of aromatic nitrogens is 2. The molecule has 1 N–H and O–H groups in total. The van der Waals surface area contributed by atoms with Crippen LogP contribution < -0.4 is 5.32 Å². The number of furan rings is 1. The summed E-state index contributed by atoms with van der Waals surface area (Å²) < 4.78 is 7.02. The lowest BCUT2D eigenvalue weighted by Gasteiger charge is -2.22. The molecule has 112 valence electrons. The lowest BCUT2D eigenvalue weighted by molar-refractivity contribution is -0.122. The largest absolute Gasteiger partial charge is 0.467 e. The molecular formula is C15H20N4O2. The normalized spacial score (nSPS) is 19.0. The molecule has 0 spiro atoms. The topological polar surface area (TPSA) is 63.3 Å². The third-order valence-corrected chi connectivity index (χ3v) is 3.86. The standard InChI is InChI=1S/C15H20N4O2/c1-18-10-12(8-17-18)14-5-2-6-19(14)11-15(20)16-9-13-4-3-7-21-13/h3-4,7-8,10,14H,2,5-6,9,11H2,1H3,(H,16,20)/t14-/m0/s1. The van der Waals surface area contributed by atoms with Gasteiger partial charge in [-0.3, -0.25) is 14.4 Å². The van der Waals surface area contributed by atoms with Gasteiger partial charge in [0, 0.05) is 24.8 Å². The second-order valence-corrected chi connectivity index (χ2v) is 5.43. The molecule has 2 aromatic heterocycles. The minimum atomic E-state index is 0.0298. The van der Waals surface area contributed by atoms with E-state index in [1.807, 2.05) is 36.3 Å². The van der Waals surface area contributed by atoms with E-state index in [0.717, 1.165) is 25.1 Å².